The molecule has 13 heavy (non-hydrogen) atoms. The summed E-state index contributed by atoms with van der Waals surface area (Å²) in [5.74, 6) is 0.589. The molecule has 0 saturated carbocycles. The normalized spacial score (nSPS) is 29.0. The lowest BCUT2D eigenvalue weighted by atomic mass is 10.3. The van der Waals surface area contributed by atoms with Crippen molar-refractivity contribution in [2.24, 2.45) is 0 Å². The lowest BCUT2D eigenvalue weighted by Gasteiger charge is -2.13. The minimum Gasteiger partial charge on any atom is -0.446 e. The average Bonchev–Trinajstić information content (AvgIpc) is 2.31. The minimum atomic E-state index is -0.379. The molecule has 1 aliphatic heterocycles. The summed E-state index contributed by atoms with van der Waals surface area (Å²) in [4.78, 5) is 10.9. The van der Waals surface area contributed by atoms with Crippen LogP contribution < -0.4 is 0 Å². The van der Waals surface area contributed by atoms with E-state index in [1.165, 1.54) is 6.08 Å². The van der Waals surface area contributed by atoms with Gasteiger partial charge in [-0.2, -0.15) is 0 Å². The summed E-state index contributed by atoms with van der Waals surface area (Å²) in [5.41, 5.74) is -0.171. The first-order valence-corrected chi connectivity index (χ1v) is 5.33. The van der Waals surface area contributed by atoms with Crippen LogP contribution in [0, 0.1) is 0 Å². The van der Waals surface area contributed by atoms with Crippen LogP contribution in [-0.2, 0) is 14.3 Å². The summed E-state index contributed by atoms with van der Waals surface area (Å²) in [6.07, 6.45) is 2.45. The Balaban J connectivity index is 2.33. The van der Waals surface area contributed by atoms with Gasteiger partial charge in [0.1, 0.15) is 0 Å². The summed E-state index contributed by atoms with van der Waals surface area (Å²) in [6.45, 7) is 5.84. The lowest BCUT2D eigenvalue weighted by Crippen LogP contribution is -2.19. The number of esters is 1. The van der Waals surface area contributed by atoms with E-state index < -0.39 is 0 Å². The molecule has 0 aromatic heterocycles. The number of ether oxygens (including phenoxy) is 2. The summed E-state index contributed by atoms with van der Waals surface area (Å²) in [5, 5.41) is 0. The van der Waals surface area contributed by atoms with Crippen LogP contribution in [0.25, 0.3) is 0 Å². The highest BCUT2D eigenvalue weighted by Crippen LogP contribution is 2.20. The summed E-state index contributed by atoms with van der Waals surface area (Å²) in [7, 11) is 0. The molecule has 2 atom stereocenters. The van der Waals surface area contributed by atoms with Gasteiger partial charge in [0.15, 0.2) is 5.44 Å². The molecule has 0 bridgehead atoms. The van der Waals surface area contributed by atoms with Gasteiger partial charge in [-0.3, -0.25) is 0 Å². The molecule has 0 amide bonds. The molecule has 0 aromatic carbocycles. The van der Waals surface area contributed by atoms with Gasteiger partial charge in [-0.15, -0.1) is 11.8 Å². The molecule has 1 heterocycles. The van der Waals surface area contributed by atoms with E-state index in [4.69, 9.17) is 9.47 Å². The highest BCUT2D eigenvalue weighted by molar-refractivity contribution is 7.99. The molecule has 3 nitrogen and oxygen atoms in total. The third kappa shape index (κ3) is 3.83. The summed E-state index contributed by atoms with van der Waals surface area (Å²) < 4.78 is 10.5. The number of hydrogen-bond acceptors (Lipinski definition) is 4. The number of carbonyl (C=O) groups excluding carboxylic acids is 1. The van der Waals surface area contributed by atoms with Crippen LogP contribution in [0.2, 0.25) is 0 Å². The van der Waals surface area contributed by atoms with E-state index in [-0.39, 0.29) is 17.5 Å². The van der Waals surface area contributed by atoms with E-state index in [9.17, 15) is 4.79 Å². The van der Waals surface area contributed by atoms with Gasteiger partial charge in [-0.05, 0) is 19.1 Å². The molecule has 2 unspecified atom stereocenters. The Kier molecular flexibility index (Phi) is 4.32. The number of carbonyl (C=O) groups is 1. The molecule has 74 valence electrons. The molecule has 1 fully saturated rings. The van der Waals surface area contributed by atoms with Gasteiger partial charge in [-0.25, -0.2) is 4.79 Å². The lowest BCUT2D eigenvalue weighted by molar-refractivity contribution is -0.141. The quantitative estimate of drug-likeness (QED) is 0.503. The van der Waals surface area contributed by atoms with Gasteiger partial charge in [0.2, 0.25) is 0 Å². The van der Waals surface area contributed by atoms with Gasteiger partial charge in [0.05, 0.1) is 12.7 Å². The molecule has 0 spiro atoms. The predicted octanol–water partition coefficient (Wildman–Crippen LogP) is 1.58. The fraction of sp³-hybridized carbons (Fsp3) is 0.667. The third-order valence-corrected chi connectivity index (χ3v) is 2.83. The molecule has 0 aromatic rings. The van der Waals surface area contributed by atoms with Crippen molar-refractivity contribution in [1.82, 2.24) is 0 Å². The fourth-order valence-corrected chi connectivity index (χ4v) is 2.05. The van der Waals surface area contributed by atoms with Crippen molar-refractivity contribution in [3.8, 4) is 0 Å². The van der Waals surface area contributed by atoms with Crippen LogP contribution in [0.5, 0.6) is 0 Å². The molecular formula is C9H14O3S. The second-order valence-corrected chi connectivity index (χ2v) is 4.14. The van der Waals surface area contributed by atoms with Crippen molar-refractivity contribution in [3.05, 3.63) is 12.7 Å². The average molecular weight is 202 g/mol. The molecule has 1 rings (SSSR count). The zero-order valence-electron chi connectivity index (χ0n) is 7.69. The summed E-state index contributed by atoms with van der Waals surface area (Å²) in [6, 6.07) is 0. The molecular weight excluding hydrogens is 188 g/mol. The first kappa shape index (κ1) is 10.6. The first-order valence-electron chi connectivity index (χ1n) is 4.28. The van der Waals surface area contributed by atoms with Gasteiger partial charge in [0, 0.05) is 6.08 Å². The highest BCUT2D eigenvalue weighted by atomic mass is 32.2. The highest BCUT2D eigenvalue weighted by Gasteiger charge is 2.19. The smallest absolute Gasteiger partial charge is 0.331 e. The molecule has 1 aliphatic rings. The molecule has 0 radical (unpaired) electrons. The topological polar surface area (TPSA) is 35.5 Å². The standard InChI is InChI=1S/C9H14O3S/c1-3-8(10)12-9-6-11-7(2)4-5-13-9/h3,7,9H,1,4-6H2,2H3. The van der Waals surface area contributed by atoms with Crippen molar-refractivity contribution in [1.29, 1.82) is 0 Å². The number of rotatable bonds is 2. The fourth-order valence-electron chi connectivity index (χ4n) is 0.985. The van der Waals surface area contributed by atoms with Crippen molar-refractivity contribution < 1.29 is 14.3 Å². The second-order valence-electron chi connectivity index (χ2n) is 2.87. The van der Waals surface area contributed by atoms with Crippen LogP contribution in [0.15, 0.2) is 12.7 Å². The van der Waals surface area contributed by atoms with Crippen molar-refractivity contribution >= 4 is 17.7 Å². The maximum absolute atomic E-state index is 10.9. The summed E-state index contributed by atoms with van der Waals surface area (Å²) >= 11 is 1.62. The van der Waals surface area contributed by atoms with Crippen molar-refractivity contribution in [2.75, 3.05) is 12.4 Å². The monoisotopic (exact) mass is 202 g/mol. The Morgan fingerprint density at radius 3 is 3.23 bits per heavy atom. The molecule has 4 heteroatoms. The third-order valence-electron chi connectivity index (χ3n) is 1.76. The Labute approximate surface area is 82.5 Å². The van der Waals surface area contributed by atoms with E-state index in [2.05, 4.69) is 6.58 Å². The maximum atomic E-state index is 10.9. The van der Waals surface area contributed by atoms with Gasteiger partial charge < -0.3 is 9.47 Å². The van der Waals surface area contributed by atoms with E-state index in [0.717, 1.165) is 12.2 Å². The van der Waals surface area contributed by atoms with Gasteiger partial charge >= 0.3 is 5.97 Å². The Morgan fingerprint density at radius 1 is 1.77 bits per heavy atom. The Morgan fingerprint density at radius 2 is 2.54 bits per heavy atom. The van der Waals surface area contributed by atoms with Crippen LogP contribution in [-0.4, -0.2) is 29.9 Å². The van der Waals surface area contributed by atoms with Crippen LogP contribution in [0.3, 0.4) is 0 Å². The first-order chi connectivity index (χ1) is 6.22. The SMILES string of the molecule is C=CC(=O)OC1COC(C)CCS1. The zero-order valence-corrected chi connectivity index (χ0v) is 8.51. The van der Waals surface area contributed by atoms with E-state index in [1.54, 1.807) is 11.8 Å². The largest absolute Gasteiger partial charge is 0.446 e. The Hall–Kier alpha value is -0.480. The number of hydrogen-bond donors (Lipinski definition) is 0. The van der Waals surface area contributed by atoms with Crippen molar-refractivity contribution in [3.63, 3.8) is 0 Å². The molecule has 0 aliphatic carbocycles. The second kappa shape index (κ2) is 5.29. The predicted molar refractivity (Wildman–Crippen MR) is 52.6 cm³/mol. The number of thioether (sulfide) groups is 1. The van der Waals surface area contributed by atoms with E-state index >= 15 is 0 Å². The Bertz CT molecular complexity index is 193. The molecule has 1 saturated heterocycles. The van der Waals surface area contributed by atoms with Gasteiger partial charge in [-0.1, -0.05) is 6.58 Å². The van der Waals surface area contributed by atoms with Crippen LogP contribution in [0.4, 0.5) is 0 Å². The van der Waals surface area contributed by atoms with Gasteiger partial charge in [0.25, 0.3) is 0 Å². The van der Waals surface area contributed by atoms with Crippen molar-refractivity contribution in [2.45, 2.75) is 24.9 Å². The zero-order chi connectivity index (χ0) is 9.68. The van der Waals surface area contributed by atoms with E-state index in [1.807, 2.05) is 6.92 Å². The van der Waals surface area contributed by atoms with Crippen LogP contribution in [0.1, 0.15) is 13.3 Å². The van der Waals surface area contributed by atoms with E-state index in [0.29, 0.717) is 6.61 Å². The maximum Gasteiger partial charge on any atom is 0.331 e. The van der Waals surface area contributed by atoms with Crippen LogP contribution >= 0.6 is 11.8 Å². The molecule has 0 N–H and O–H groups in total. The minimum absolute atomic E-state index is 0.171.